The maximum absolute atomic E-state index is 12.5. The Hall–Kier alpha value is -0.720. The van der Waals surface area contributed by atoms with Gasteiger partial charge in [-0.1, -0.05) is 56.1 Å². The van der Waals surface area contributed by atoms with Crippen LogP contribution < -0.4 is 0 Å². The molecule has 0 aliphatic carbocycles. The van der Waals surface area contributed by atoms with Gasteiger partial charge in [-0.05, 0) is 24.3 Å². The Balaban J connectivity index is 0.000000303. The lowest BCUT2D eigenvalue weighted by atomic mass is 10.2. The molecule has 0 aromatic heterocycles. The van der Waals surface area contributed by atoms with Crippen molar-refractivity contribution in [2.45, 2.75) is 22.1 Å². The number of benzene rings is 2. The van der Waals surface area contributed by atoms with E-state index < -0.39 is 38.2 Å². The van der Waals surface area contributed by atoms with E-state index in [0.29, 0.717) is 16.0 Å². The molecule has 0 bridgehead atoms. The smallest absolute Gasteiger partial charge is 0.224 e. The van der Waals surface area contributed by atoms with Gasteiger partial charge >= 0.3 is 12.4 Å². The first-order chi connectivity index (χ1) is 13.8. The summed E-state index contributed by atoms with van der Waals surface area (Å²) in [6, 6.07) is 9.80. The molecule has 0 fully saturated rings. The van der Waals surface area contributed by atoms with Gasteiger partial charge in [-0.2, -0.15) is 26.3 Å². The van der Waals surface area contributed by atoms with Crippen LogP contribution in [0.25, 0.3) is 0 Å². The van der Waals surface area contributed by atoms with Crippen LogP contribution in [0.15, 0.2) is 58.3 Å². The van der Waals surface area contributed by atoms with E-state index >= 15 is 0 Å². The normalized spacial score (nSPS) is 12.3. The minimum absolute atomic E-state index is 0.0987. The van der Waals surface area contributed by atoms with Gasteiger partial charge in [0.25, 0.3) is 0 Å². The Morgan fingerprint density at radius 2 is 1.27 bits per heavy atom. The average Bonchev–Trinajstić information content (AvgIpc) is 2.66. The Morgan fingerprint density at radius 3 is 1.77 bits per heavy atom. The second-order valence-electron chi connectivity index (χ2n) is 5.53. The quantitative estimate of drug-likeness (QED) is 0.202. The zero-order chi connectivity index (χ0) is 23.0. The third-order valence-corrected chi connectivity index (χ3v) is 8.09. The fraction of sp³-hybridized carbons (Fsp3) is 0.333. The molecular weight excluding hydrogens is 586 g/mol. The van der Waals surface area contributed by atoms with Gasteiger partial charge in [-0.15, -0.1) is 11.8 Å². The lowest BCUT2D eigenvalue weighted by molar-refractivity contribution is -0.140. The predicted molar refractivity (Wildman–Crippen MR) is 113 cm³/mol. The van der Waals surface area contributed by atoms with Crippen LogP contribution in [0.1, 0.15) is 11.1 Å². The summed E-state index contributed by atoms with van der Waals surface area (Å²) < 4.78 is 98.1. The number of halogens is 8. The molecule has 2 nitrogen and oxygen atoms in total. The molecule has 0 aliphatic rings. The molecular formula is C18H16Br2F6O2S2. The van der Waals surface area contributed by atoms with E-state index in [4.69, 9.17) is 0 Å². The number of rotatable bonds is 6. The van der Waals surface area contributed by atoms with Gasteiger partial charge in [0, 0.05) is 21.3 Å². The molecule has 0 spiro atoms. The fourth-order valence-electron chi connectivity index (χ4n) is 2.16. The molecule has 2 aromatic carbocycles. The van der Waals surface area contributed by atoms with Crippen LogP contribution >= 0.6 is 43.6 Å². The summed E-state index contributed by atoms with van der Waals surface area (Å²) >= 11 is 7.28. The Kier molecular flexibility index (Phi) is 10.7. The topological polar surface area (TPSA) is 34.1 Å². The first kappa shape index (κ1) is 27.3. The van der Waals surface area contributed by atoms with Gasteiger partial charge < -0.3 is 0 Å². The predicted octanol–water partition coefficient (Wildman–Crippen LogP) is 7.07. The molecule has 0 aliphatic heterocycles. The minimum atomic E-state index is -4.66. The van der Waals surface area contributed by atoms with Crippen LogP contribution in [-0.2, 0) is 22.2 Å². The number of alkyl halides is 8. The standard InChI is InChI=1S/C9H8BrF3O2S.C9H8BrF3S/c10-5-6-16(14,15)8-4-2-1-3-7(8)9(11,12)13;10-5-6-14-8-4-2-1-3-7(8)9(11,12)13/h1-4H,5-6H2;1-4H,5-6H2. The summed E-state index contributed by atoms with van der Waals surface area (Å²) in [6.45, 7) is 0. The van der Waals surface area contributed by atoms with Crippen molar-refractivity contribution in [3.63, 3.8) is 0 Å². The van der Waals surface area contributed by atoms with Crippen molar-refractivity contribution >= 4 is 53.5 Å². The highest BCUT2D eigenvalue weighted by Gasteiger charge is 2.36. The first-order valence-corrected chi connectivity index (χ1v) is 13.0. The van der Waals surface area contributed by atoms with Crippen molar-refractivity contribution in [3.8, 4) is 0 Å². The second-order valence-corrected chi connectivity index (χ2v) is 10.3. The summed E-state index contributed by atoms with van der Waals surface area (Å²) in [5.41, 5.74) is -1.66. The van der Waals surface area contributed by atoms with Gasteiger partial charge in [0.05, 0.1) is 21.8 Å². The molecule has 0 unspecified atom stereocenters. The monoisotopic (exact) mass is 600 g/mol. The summed E-state index contributed by atoms with van der Waals surface area (Å²) in [6.07, 6.45) is -8.91. The molecule has 0 atom stereocenters. The second kappa shape index (κ2) is 11.8. The van der Waals surface area contributed by atoms with Gasteiger partial charge in [-0.25, -0.2) is 8.42 Å². The third-order valence-electron chi connectivity index (χ3n) is 3.40. The van der Waals surface area contributed by atoms with Crippen molar-refractivity contribution < 1.29 is 34.8 Å². The lowest BCUT2D eigenvalue weighted by Gasteiger charge is -2.12. The van der Waals surface area contributed by atoms with E-state index in [2.05, 4.69) is 31.9 Å². The molecule has 0 amide bonds. The maximum atomic E-state index is 12.5. The average molecular weight is 602 g/mol. The fourth-order valence-corrected chi connectivity index (χ4v) is 5.96. The summed E-state index contributed by atoms with van der Waals surface area (Å²) in [5.74, 6) is 0.271. The van der Waals surface area contributed by atoms with Crippen LogP contribution in [0, 0.1) is 0 Å². The molecule has 2 rings (SSSR count). The highest BCUT2D eigenvalue weighted by Crippen LogP contribution is 2.36. The summed E-state index contributed by atoms with van der Waals surface area (Å²) in [4.78, 5) is -0.374. The van der Waals surface area contributed by atoms with E-state index in [0.717, 1.165) is 24.3 Å². The number of hydrogen-bond donors (Lipinski definition) is 0. The number of sulfone groups is 1. The number of hydrogen-bond acceptors (Lipinski definition) is 3. The molecule has 0 saturated carbocycles. The van der Waals surface area contributed by atoms with Crippen molar-refractivity contribution in [1.29, 1.82) is 0 Å². The van der Waals surface area contributed by atoms with E-state index in [1.165, 1.54) is 30.0 Å². The van der Waals surface area contributed by atoms with Crippen LogP contribution in [0.2, 0.25) is 0 Å². The molecule has 168 valence electrons. The van der Waals surface area contributed by atoms with Crippen LogP contribution in [0.3, 0.4) is 0 Å². The molecule has 30 heavy (non-hydrogen) atoms. The largest absolute Gasteiger partial charge is 0.417 e. The highest BCUT2D eigenvalue weighted by molar-refractivity contribution is 9.09. The molecule has 0 heterocycles. The van der Waals surface area contributed by atoms with Crippen LogP contribution in [-0.4, -0.2) is 30.6 Å². The zero-order valence-electron chi connectivity index (χ0n) is 15.1. The Labute approximate surface area is 191 Å². The molecule has 12 heteroatoms. The van der Waals surface area contributed by atoms with Crippen molar-refractivity contribution in [2.24, 2.45) is 0 Å². The SMILES string of the molecule is FC(F)(F)c1ccccc1SCCBr.O=S(=O)(CCBr)c1ccccc1C(F)(F)F. The lowest BCUT2D eigenvalue weighted by Crippen LogP contribution is -2.15. The van der Waals surface area contributed by atoms with E-state index in [1.807, 2.05) is 0 Å². The molecule has 0 radical (unpaired) electrons. The third kappa shape index (κ3) is 8.43. The molecule has 2 aromatic rings. The highest BCUT2D eigenvalue weighted by atomic mass is 79.9. The van der Waals surface area contributed by atoms with Crippen molar-refractivity contribution in [2.75, 3.05) is 22.2 Å². The Morgan fingerprint density at radius 1 is 0.767 bits per heavy atom. The van der Waals surface area contributed by atoms with E-state index in [-0.39, 0.29) is 11.1 Å². The molecule has 0 saturated heterocycles. The van der Waals surface area contributed by atoms with E-state index in [9.17, 15) is 34.8 Å². The Bertz CT molecular complexity index is 915. The van der Waals surface area contributed by atoms with Crippen LogP contribution in [0.5, 0.6) is 0 Å². The first-order valence-electron chi connectivity index (χ1n) is 8.14. The van der Waals surface area contributed by atoms with Crippen molar-refractivity contribution in [3.05, 3.63) is 59.7 Å². The molecule has 0 N–H and O–H groups in total. The van der Waals surface area contributed by atoms with Gasteiger partial charge in [0.2, 0.25) is 0 Å². The van der Waals surface area contributed by atoms with Gasteiger partial charge in [0.15, 0.2) is 9.84 Å². The summed E-state index contributed by atoms with van der Waals surface area (Å²) in [7, 11) is -3.89. The van der Waals surface area contributed by atoms with Gasteiger partial charge in [-0.3, -0.25) is 0 Å². The van der Waals surface area contributed by atoms with Crippen LogP contribution in [0.4, 0.5) is 26.3 Å². The van der Waals surface area contributed by atoms with E-state index in [1.54, 1.807) is 6.07 Å². The summed E-state index contributed by atoms with van der Waals surface area (Å²) in [5, 5.41) is 0.783. The number of thioether (sulfide) groups is 1. The zero-order valence-corrected chi connectivity index (χ0v) is 19.9. The minimum Gasteiger partial charge on any atom is -0.224 e. The van der Waals surface area contributed by atoms with Crippen molar-refractivity contribution in [1.82, 2.24) is 0 Å². The maximum Gasteiger partial charge on any atom is 0.417 e. The van der Waals surface area contributed by atoms with Gasteiger partial charge in [0.1, 0.15) is 0 Å².